The average Bonchev–Trinajstić information content (AvgIpc) is 2.70. The maximum atomic E-state index is 12.6. The molecule has 2 saturated heterocycles. The third-order valence-electron chi connectivity index (χ3n) is 6.83. The summed E-state index contributed by atoms with van der Waals surface area (Å²) in [6.45, 7) is 6.51. The normalized spacial score (nSPS) is 25.9. The van der Waals surface area contributed by atoms with Crippen LogP contribution in [0.5, 0.6) is 0 Å². The smallest absolute Gasteiger partial charge is 0.224 e. The van der Waals surface area contributed by atoms with Crippen LogP contribution >= 0.6 is 0 Å². The van der Waals surface area contributed by atoms with Gasteiger partial charge in [-0.1, -0.05) is 12.5 Å². The van der Waals surface area contributed by atoms with E-state index in [1.165, 1.54) is 58.3 Å². The lowest BCUT2D eigenvalue weighted by Crippen LogP contribution is -2.51. The SMILES string of the molecule is O=C(NCc1cccnc1)[C@H]1CCCN(C2CCN(CC3CCC3)CC2)C1. The van der Waals surface area contributed by atoms with Crippen LogP contribution in [0.15, 0.2) is 24.5 Å². The van der Waals surface area contributed by atoms with Crippen LogP contribution in [0, 0.1) is 11.8 Å². The van der Waals surface area contributed by atoms with Gasteiger partial charge in [0.1, 0.15) is 0 Å². The number of piperidine rings is 2. The molecule has 0 bridgehead atoms. The van der Waals surface area contributed by atoms with Crippen molar-refractivity contribution in [2.24, 2.45) is 11.8 Å². The number of rotatable bonds is 6. The molecule has 3 fully saturated rings. The Kier molecular flexibility index (Phi) is 6.40. The zero-order chi connectivity index (χ0) is 18.5. The summed E-state index contributed by atoms with van der Waals surface area (Å²) in [4.78, 5) is 22.1. The summed E-state index contributed by atoms with van der Waals surface area (Å²) in [6.07, 6.45) is 12.6. The number of hydrogen-bond donors (Lipinski definition) is 1. The minimum Gasteiger partial charge on any atom is -0.352 e. The highest BCUT2D eigenvalue weighted by Crippen LogP contribution is 2.29. The molecular weight excluding hydrogens is 336 g/mol. The Bertz CT molecular complexity index is 596. The molecule has 0 unspecified atom stereocenters. The van der Waals surface area contributed by atoms with Crippen molar-refractivity contribution in [3.05, 3.63) is 30.1 Å². The molecule has 3 aliphatic rings. The predicted octanol–water partition coefficient (Wildman–Crippen LogP) is 2.67. The number of aromatic nitrogens is 1. The monoisotopic (exact) mass is 370 g/mol. The molecule has 1 aromatic rings. The van der Waals surface area contributed by atoms with Crippen LogP contribution < -0.4 is 5.32 Å². The molecule has 0 aromatic carbocycles. The van der Waals surface area contributed by atoms with Crippen molar-refractivity contribution in [1.29, 1.82) is 0 Å². The first-order valence-corrected chi connectivity index (χ1v) is 10.9. The van der Waals surface area contributed by atoms with Crippen LogP contribution in [0.3, 0.4) is 0 Å². The Morgan fingerprint density at radius 2 is 1.96 bits per heavy atom. The average molecular weight is 371 g/mol. The van der Waals surface area contributed by atoms with Crippen molar-refractivity contribution >= 4 is 5.91 Å². The fourth-order valence-corrected chi connectivity index (χ4v) is 4.90. The maximum absolute atomic E-state index is 12.6. The number of amides is 1. The van der Waals surface area contributed by atoms with Gasteiger partial charge < -0.3 is 10.2 Å². The fourth-order valence-electron chi connectivity index (χ4n) is 4.90. The van der Waals surface area contributed by atoms with Crippen molar-refractivity contribution in [2.75, 3.05) is 32.7 Å². The molecule has 1 aliphatic carbocycles. The Morgan fingerprint density at radius 1 is 1.11 bits per heavy atom. The lowest BCUT2D eigenvalue weighted by atomic mass is 9.84. The summed E-state index contributed by atoms with van der Waals surface area (Å²) in [7, 11) is 0. The Balaban J connectivity index is 1.21. The molecule has 1 atom stereocenters. The molecule has 4 rings (SSSR count). The molecule has 1 aromatic heterocycles. The van der Waals surface area contributed by atoms with Crippen LogP contribution in [0.2, 0.25) is 0 Å². The number of hydrogen-bond acceptors (Lipinski definition) is 4. The third kappa shape index (κ3) is 5.08. The van der Waals surface area contributed by atoms with Gasteiger partial charge in [-0.15, -0.1) is 0 Å². The van der Waals surface area contributed by atoms with E-state index in [9.17, 15) is 4.79 Å². The van der Waals surface area contributed by atoms with Crippen LogP contribution in [-0.4, -0.2) is 59.5 Å². The topological polar surface area (TPSA) is 48.5 Å². The maximum Gasteiger partial charge on any atom is 0.224 e. The zero-order valence-corrected chi connectivity index (χ0v) is 16.5. The first kappa shape index (κ1) is 18.9. The number of likely N-dealkylation sites (tertiary alicyclic amines) is 2. The summed E-state index contributed by atoms with van der Waals surface area (Å²) < 4.78 is 0. The molecule has 3 heterocycles. The molecule has 148 valence electrons. The number of carbonyl (C=O) groups excluding carboxylic acids is 1. The van der Waals surface area contributed by atoms with Crippen molar-refractivity contribution < 1.29 is 4.79 Å². The second-order valence-electron chi connectivity index (χ2n) is 8.74. The van der Waals surface area contributed by atoms with E-state index in [1.807, 2.05) is 18.3 Å². The van der Waals surface area contributed by atoms with Gasteiger partial charge in [-0.3, -0.25) is 14.7 Å². The summed E-state index contributed by atoms with van der Waals surface area (Å²) >= 11 is 0. The van der Waals surface area contributed by atoms with E-state index < -0.39 is 0 Å². The summed E-state index contributed by atoms with van der Waals surface area (Å²) in [5.41, 5.74) is 1.07. The quantitative estimate of drug-likeness (QED) is 0.836. The van der Waals surface area contributed by atoms with E-state index in [-0.39, 0.29) is 11.8 Å². The number of nitrogens with zero attached hydrogens (tertiary/aromatic N) is 3. The van der Waals surface area contributed by atoms with E-state index in [0.717, 1.165) is 30.9 Å². The van der Waals surface area contributed by atoms with E-state index in [4.69, 9.17) is 0 Å². The lowest BCUT2D eigenvalue weighted by Gasteiger charge is -2.43. The molecule has 2 aliphatic heterocycles. The van der Waals surface area contributed by atoms with Gasteiger partial charge in [0.2, 0.25) is 5.91 Å². The van der Waals surface area contributed by atoms with Gasteiger partial charge in [0, 0.05) is 38.1 Å². The Morgan fingerprint density at radius 3 is 2.67 bits per heavy atom. The Hall–Kier alpha value is -1.46. The zero-order valence-electron chi connectivity index (χ0n) is 16.5. The summed E-state index contributed by atoms with van der Waals surface area (Å²) in [5, 5.41) is 3.12. The molecule has 5 heteroatoms. The van der Waals surface area contributed by atoms with Crippen molar-refractivity contribution in [3.63, 3.8) is 0 Å². The van der Waals surface area contributed by atoms with E-state index >= 15 is 0 Å². The minimum atomic E-state index is 0.142. The highest BCUT2D eigenvalue weighted by Gasteiger charge is 2.32. The van der Waals surface area contributed by atoms with Crippen molar-refractivity contribution in [1.82, 2.24) is 20.1 Å². The van der Waals surface area contributed by atoms with Gasteiger partial charge >= 0.3 is 0 Å². The van der Waals surface area contributed by atoms with Gasteiger partial charge in [0.25, 0.3) is 0 Å². The van der Waals surface area contributed by atoms with Gasteiger partial charge in [-0.25, -0.2) is 0 Å². The third-order valence-corrected chi connectivity index (χ3v) is 6.83. The van der Waals surface area contributed by atoms with Gasteiger partial charge in [-0.2, -0.15) is 0 Å². The summed E-state index contributed by atoms with van der Waals surface area (Å²) in [5.74, 6) is 1.33. The van der Waals surface area contributed by atoms with Crippen molar-refractivity contribution in [3.8, 4) is 0 Å². The molecule has 5 nitrogen and oxygen atoms in total. The molecule has 27 heavy (non-hydrogen) atoms. The molecule has 0 radical (unpaired) electrons. The molecule has 1 amide bonds. The number of carbonyl (C=O) groups is 1. The first-order valence-electron chi connectivity index (χ1n) is 10.9. The largest absolute Gasteiger partial charge is 0.352 e. The number of pyridine rings is 1. The minimum absolute atomic E-state index is 0.142. The Labute approximate surface area is 163 Å². The first-order chi connectivity index (χ1) is 13.3. The lowest BCUT2D eigenvalue weighted by molar-refractivity contribution is -0.127. The molecular formula is C22H34N4O. The number of nitrogens with one attached hydrogen (secondary N) is 1. The highest BCUT2D eigenvalue weighted by atomic mass is 16.1. The van der Waals surface area contributed by atoms with Gasteiger partial charge in [0.05, 0.1) is 5.92 Å². The second-order valence-corrected chi connectivity index (χ2v) is 8.74. The molecule has 1 N–H and O–H groups in total. The summed E-state index contributed by atoms with van der Waals surface area (Å²) in [6, 6.07) is 4.61. The second kappa shape index (κ2) is 9.16. The predicted molar refractivity (Wildman–Crippen MR) is 107 cm³/mol. The van der Waals surface area contributed by atoms with Gasteiger partial charge in [-0.05, 0) is 75.7 Å². The van der Waals surface area contributed by atoms with Gasteiger partial charge in [0.15, 0.2) is 0 Å². The van der Waals surface area contributed by atoms with Crippen LogP contribution in [0.4, 0.5) is 0 Å². The van der Waals surface area contributed by atoms with E-state index in [2.05, 4.69) is 20.1 Å². The highest BCUT2D eigenvalue weighted by molar-refractivity contribution is 5.78. The van der Waals surface area contributed by atoms with Crippen molar-refractivity contribution in [2.45, 2.75) is 57.5 Å². The van der Waals surface area contributed by atoms with Crippen LogP contribution in [-0.2, 0) is 11.3 Å². The molecule has 1 saturated carbocycles. The molecule has 0 spiro atoms. The van der Waals surface area contributed by atoms with Crippen LogP contribution in [0.25, 0.3) is 0 Å². The van der Waals surface area contributed by atoms with Crippen LogP contribution in [0.1, 0.15) is 50.5 Å². The standard InChI is InChI=1S/C22H34N4O/c27-22(24-15-19-6-2-10-23-14-19)20-7-3-11-26(17-20)21-8-12-25(13-9-21)16-18-4-1-5-18/h2,6,10,14,18,20-21H,1,3-5,7-9,11-13,15-17H2,(H,24,27)/t20-/m0/s1. The van der Waals surface area contributed by atoms with E-state index in [0.29, 0.717) is 12.6 Å². The van der Waals surface area contributed by atoms with E-state index in [1.54, 1.807) is 6.20 Å². The fraction of sp³-hybridized carbons (Fsp3) is 0.727.